The van der Waals surface area contributed by atoms with Crippen molar-refractivity contribution in [2.45, 2.75) is 38.5 Å². The van der Waals surface area contributed by atoms with Gasteiger partial charge in [0.1, 0.15) is 0 Å². The van der Waals surface area contributed by atoms with Gasteiger partial charge in [0.2, 0.25) is 10.0 Å². The first kappa shape index (κ1) is 14.7. The Morgan fingerprint density at radius 3 is 2.50 bits per heavy atom. The fourth-order valence-corrected chi connectivity index (χ4v) is 3.21. The minimum absolute atomic E-state index is 0.167. The molecule has 0 fully saturated rings. The second-order valence-corrected chi connectivity index (χ2v) is 6.59. The average Bonchev–Trinajstić information content (AvgIpc) is 2.28. The molecule has 0 aliphatic heterocycles. The summed E-state index contributed by atoms with van der Waals surface area (Å²) in [5, 5.41) is 8.93. The van der Waals surface area contributed by atoms with E-state index in [1.165, 1.54) is 0 Å². The Labute approximate surface area is 109 Å². The number of rotatable bonds is 5. The molecule has 0 heterocycles. The van der Waals surface area contributed by atoms with Gasteiger partial charge in [-0.15, -0.1) is 0 Å². The molecule has 98 valence electrons. The number of hydrogen-bond donors (Lipinski definition) is 1. The van der Waals surface area contributed by atoms with E-state index in [0.29, 0.717) is 17.5 Å². The maximum Gasteiger partial charge on any atom is 0.216 e. The van der Waals surface area contributed by atoms with E-state index in [4.69, 9.17) is 5.26 Å². The van der Waals surface area contributed by atoms with Crippen LogP contribution in [-0.4, -0.2) is 14.0 Å². The summed E-state index contributed by atoms with van der Waals surface area (Å²) in [6.45, 7) is 5.59. The normalized spacial score (nSPS) is 12.1. The molecule has 0 saturated carbocycles. The molecule has 0 aliphatic rings. The molecule has 0 saturated heterocycles. The molecule has 0 amide bonds. The third-order valence-corrected chi connectivity index (χ3v) is 4.35. The first-order valence-electron chi connectivity index (χ1n) is 5.79. The van der Waals surface area contributed by atoms with Crippen molar-refractivity contribution in [3.63, 3.8) is 0 Å². The molecule has 0 unspecified atom stereocenters. The molecule has 4 nitrogen and oxygen atoms in total. The summed E-state index contributed by atoms with van der Waals surface area (Å²) in [5.74, 6) is -0.167. The van der Waals surface area contributed by atoms with Gasteiger partial charge in [0, 0.05) is 5.54 Å². The minimum atomic E-state index is -3.44. The third kappa shape index (κ3) is 4.13. The van der Waals surface area contributed by atoms with Crippen LogP contribution < -0.4 is 4.72 Å². The fourth-order valence-electron chi connectivity index (χ4n) is 1.49. The largest absolute Gasteiger partial charge is 0.216 e. The van der Waals surface area contributed by atoms with Crippen LogP contribution in [0.25, 0.3) is 0 Å². The molecule has 1 aromatic rings. The second kappa shape index (κ2) is 5.51. The quantitative estimate of drug-likeness (QED) is 0.888. The molecule has 0 aromatic heterocycles. The molecule has 1 aromatic carbocycles. The molecular weight excluding hydrogens is 248 g/mol. The lowest BCUT2D eigenvalue weighted by molar-refractivity contribution is 0.439. The van der Waals surface area contributed by atoms with Crippen LogP contribution in [0.2, 0.25) is 0 Å². The first-order valence-corrected chi connectivity index (χ1v) is 7.44. The average molecular weight is 266 g/mol. The summed E-state index contributed by atoms with van der Waals surface area (Å²) < 4.78 is 26.7. The van der Waals surface area contributed by atoms with Gasteiger partial charge in [-0.2, -0.15) is 5.26 Å². The lowest BCUT2D eigenvalue weighted by atomic mass is 10.0. The highest BCUT2D eigenvalue weighted by Gasteiger charge is 2.23. The summed E-state index contributed by atoms with van der Waals surface area (Å²) in [6.07, 6.45) is 0.701. The third-order valence-electron chi connectivity index (χ3n) is 2.80. The summed E-state index contributed by atoms with van der Waals surface area (Å²) in [5.41, 5.74) is 0.456. The number of hydrogen-bond acceptors (Lipinski definition) is 3. The van der Waals surface area contributed by atoms with Gasteiger partial charge in [-0.25, -0.2) is 13.1 Å². The first-order chi connectivity index (χ1) is 8.29. The molecular formula is C13H18N2O2S. The maximum absolute atomic E-state index is 12.0. The van der Waals surface area contributed by atoms with E-state index in [2.05, 4.69) is 4.72 Å². The Morgan fingerprint density at radius 2 is 1.94 bits per heavy atom. The Hall–Kier alpha value is -1.38. The van der Waals surface area contributed by atoms with Crippen molar-refractivity contribution in [1.29, 1.82) is 5.26 Å². The standard InChI is InChI=1S/C13H18N2O2S/c1-4-13(2,3)15-18(16,17)10-12-8-6-5-7-11(12)9-14/h5-8,15H,4,10H2,1-3H3. The summed E-state index contributed by atoms with van der Waals surface area (Å²) >= 11 is 0. The summed E-state index contributed by atoms with van der Waals surface area (Å²) in [7, 11) is -3.44. The molecule has 18 heavy (non-hydrogen) atoms. The highest BCUT2D eigenvalue weighted by atomic mass is 32.2. The van der Waals surface area contributed by atoms with Crippen molar-refractivity contribution < 1.29 is 8.42 Å². The lowest BCUT2D eigenvalue weighted by Crippen LogP contribution is -2.43. The molecule has 0 atom stereocenters. The van der Waals surface area contributed by atoms with Crippen molar-refractivity contribution >= 4 is 10.0 Å². The van der Waals surface area contributed by atoms with Crippen LogP contribution >= 0.6 is 0 Å². The number of nitrogens with one attached hydrogen (secondary N) is 1. The van der Waals surface area contributed by atoms with E-state index >= 15 is 0 Å². The van der Waals surface area contributed by atoms with Crippen molar-refractivity contribution in [3.8, 4) is 6.07 Å². The van der Waals surface area contributed by atoms with Crippen molar-refractivity contribution in [3.05, 3.63) is 35.4 Å². The van der Waals surface area contributed by atoms with Crippen molar-refractivity contribution in [2.75, 3.05) is 0 Å². The highest BCUT2D eigenvalue weighted by molar-refractivity contribution is 7.88. The summed E-state index contributed by atoms with van der Waals surface area (Å²) in [4.78, 5) is 0. The van der Waals surface area contributed by atoms with Gasteiger partial charge in [-0.05, 0) is 31.9 Å². The molecule has 1 rings (SSSR count). The van der Waals surface area contributed by atoms with Crippen LogP contribution in [0, 0.1) is 11.3 Å². The van der Waals surface area contributed by atoms with E-state index < -0.39 is 15.6 Å². The fraction of sp³-hybridized carbons (Fsp3) is 0.462. The van der Waals surface area contributed by atoms with Crippen LogP contribution in [0.3, 0.4) is 0 Å². The molecule has 5 heteroatoms. The number of nitrogens with zero attached hydrogens (tertiary/aromatic N) is 1. The van der Waals surface area contributed by atoms with Gasteiger partial charge in [-0.1, -0.05) is 25.1 Å². The lowest BCUT2D eigenvalue weighted by Gasteiger charge is -2.24. The Bertz CT molecular complexity index is 557. The Kier molecular flexibility index (Phi) is 4.49. The van der Waals surface area contributed by atoms with Crippen molar-refractivity contribution in [2.24, 2.45) is 0 Å². The zero-order valence-electron chi connectivity index (χ0n) is 10.9. The number of benzene rings is 1. The predicted molar refractivity (Wildman–Crippen MR) is 71.3 cm³/mol. The monoisotopic (exact) mass is 266 g/mol. The van der Waals surface area contributed by atoms with E-state index in [1.807, 2.05) is 26.8 Å². The van der Waals surface area contributed by atoms with Crippen LogP contribution in [0.15, 0.2) is 24.3 Å². The molecule has 0 spiro atoms. The van der Waals surface area contributed by atoms with Crippen LogP contribution in [0.1, 0.15) is 38.3 Å². The summed E-state index contributed by atoms with van der Waals surface area (Å²) in [6, 6.07) is 8.74. The smallest absolute Gasteiger partial charge is 0.212 e. The predicted octanol–water partition coefficient (Wildman–Crippen LogP) is 2.17. The van der Waals surface area contributed by atoms with E-state index in [9.17, 15) is 8.42 Å². The SMILES string of the molecule is CCC(C)(C)NS(=O)(=O)Cc1ccccc1C#N. The number of sulfonamides is 1. The van der Waals surface area contributed by atoms with E-state index in [0.717, 1.165) is 0 Å². The zero-order valence-corrected chi connectivity index (χ0v) is 11.7. The molecule has 0 radical (unpaired) electrons. The van der Waals surface area contributed by atoms with E-state index in [-0.39, 0.29) is 5.75 Å². The number of nitriles is 1. The second-order valence-electron chi connectivity index (χ2n) is 4.87. The highest BCUT2D eigenvalue weighted by Crippen LogP contribution is 2.14. The van der Waals surface area contributed by atoms with Crippen LogP contribution in [0.5, 0.6) is 0 Å². The Morgan fingerprint density at radius 1 is 1.33 bits per heavy atom. The molecule has 0 bridgehead atoms. The van der Waals surface area contributed by atoms with Gasteiger partial charge >= 0.3 is 0 Å². The van der Waals surface area contributed by atoms with Gasteiger partial charge in [0.05, 0.1) is 17.4 Å². The zero-order chi connectivity index (χ0) is 13.8. The van der Waals surface area contributed by atoms with Crippen LogP contribution in [-0.2, 0) is 15.8 Å². The molecule has 1 N–H and O–H groups in total. The van der Waals surface area contributed by atoms with E-state index in [1.54, 1.807) is 24.3 Å². The minimum Gasteiger partial charge on any atom is -0.212 e. The van der Waals surface area contributed by atoms with Gasteiger partial charge in [-0.3, -0.25) is 0 Å². The maximum atomic E-state index is 12.0. The molecule has 0 aliphatic carbocycles. The van der Waals surface area contributed by atoms with Crippen molar-refractivity contribution in [1.82, 2.24) is 4.72 Å². The van der Waals surface area contributed by atoms with Gasteiger partial charge < -0.3 is 0 Å². The Balaban J connectivity index is 2.94. The topological polar surface area (TPSA) is 70.0 Å². The van der Waals surface area contributed by atoms with Crippen LogP contribution in [0.4, 0.5) is 0 Å². The van der Waals surface area contributed by atoms with Gasteiger partial charge in [0.25, 0.3) is 0 Å². The van der Waals surface area contributed by atoms with Gasteiger partial charge in [0.15, 0.2) is 0 Å².